The van der Waals surface area contributed by atoms with E-state index in [4.69, 9.17) is 4.74 Å². The van der Waals surface area contributed by atoms with E-state index < -0.39 is 10.0 Å². The van der Waals surface area contributed by atoms with Crippen molar-refractivity contribution >= 4 is 22.0 Å². The minimum atomic E-state index is -3.65. The van der Waals surface area contributed by atoms with Crippen molar-refractivity contribution in [3.63, 3.8) is 0 Å². The van der Waals surface area contributed by atoms with E-state index in [9.17, 15) is 13.2 Å². The lowest BCUT2D eigenvalue weighted by molar-refractivity contribution is -0.117. The molecule has 6 nitrogen and oxygen atoms in total. The minimum absolute atomic E-state index is 0.0415. The molecular weight excluding hydrogens is 352 g/mol. The van der Waals surface area contributed by atoms with E-state index in [1.807, 2.05) is 0 Å². The van der Waals surface area contributed by atoms with Crippen LogP contribution in [0.15, 0.2) is 29.2 Å². The summed E-state index contributed by atoms with van der Waals surface area (Å²) < 4.78 is 31.6. The van der Waals surface area contributed by atoms with Gasteiger partial charge in [-0.3, -0.25) is 4.79 Å². The van der Waals surface area contributed by atoms with E-state index in [0.717, 1.165) is 12.8 Å². The number of hydrogen-bond acceptors (Lipinski definition) is 4. The Kier molecular flexibility index (Phi) is 6.83. The number of benzene rings is 1. The van der Waals surface area contributed by atoms with Crippen LogP contribution in [0.3, 0.4) is 0 Å². The highest BCUT2D eigenvalue weighted by molar-refractivity contribution is 7.89. The van der Waals surface area contributed by atoms with E-state index in [-0.39, 0.29) is 22.6 Å². The maximum Gasteiger partial charge on any atom is 0.244 e. The van der Waals surface area contributed by atoms with Crippen LogP contribution in [-0.4, -0.2) is 34.5 Å². The van der Waals surface area contributed by atoms with Crippen LogP contribution in [0.4, 0.5) is 0 Å². The molecule has 1 saturated carbocycles. The number of ether oxygens (including phenoxy) is 1. The smallest absolute Gasteiger partial charge is 0.244 e. The molecule has 26 heavy (non-hydrogen) atoms. The highest BCUT2D eigenvalue weighted by atomic mass is 32.2. The molecule has 0 radical (unpaired) electrons. The molecule has 0 heterocycles. The first-order valence-corrected chi connectivity index (χ1v) is 10.4. The van der Waals surface area contributed by atoms with E-state index >= 15 is 0 Å². The van der Waals surface area contributed by atoms with Crippen LogP contribution in [0, 0.1) is 11.8 Å². The summed E-state index contributed by atoms with van der Waals surface area (Å²) in [5.74, 6) is 1.15. The quantitative estimate of drug-likeness (QED) is 0.743. The third kappa shape index (κ3) is 4.86. The zero-order valence-corrected chi connectivity index (χ0v) is 16.6. The van der Waals surface area contributed by atoms with Crippen LogP contribution in [0.5, 0.6) is 5.75 Å². The highest BCUT2D eigenvalue weighted by Gasteiger charge is 2.27. The second-order valence-corrected chi connectivity index (χ2v) is 8.69. The molecule has 2 N–H and O–H groups in total. The Balaban J connectivity index is 2.12. The van der Waals surface area contributed by atoms with Crippen molar-refractivity contribution < 1.29 is 17.9 Å². The predicted molar refractivity (Wildman–Crippen MR) is 102 cm³/mol. The Morgan fingerprint density at radius 1 is 1.27 bits per heavy atom. The van der Waals surface area contributed by atoms with Gasteiger partial charge in [-0.05, 0) is 49.1 Å². The van der Waals surface area contributed by atoms with Gasteiger partial charge >= 0.3 is 0 Å². The normalized spacial score (nSPS) is 23.8. The van der Waals surface area contributed by atoms with Crippen LogP contribution in [0.1, 0.15) is 38.7 Å². The number of carbonyl (C=O) groups excluding carboxylic acids is 1. The third-order valence-electron chi connectivity index (χ3n) is 5.21. The molecule has 0 aliphatic heterocycles. The Morgan fingerprint density at radius 3 is 2.65 bits per heavy atom. The number of nitrogens with one attached hydrogen (secondary N) is 2. The van der Waals surface area contributed by atoms with Crippen LogP contribution < -0.4 is 14.8 Å². The lowest BCUT2D eigenvalue weighted by Crippen LogP contribution is -2.43. The molecule has 2 rings (SSSR count). The van der Waals surface area contributed by atoms with Gasteiger partial charge in [0, 0.05) is 12.1 Å². The van der Waals surface area contributed by atoms with Crippen LogP contribution >= 0.6 is 0 Å². The molecule has 0 bridgehead atoms. The lowest BCUT2D eigenvalue weighted by Gasteiger charge is -2.34. The van der Waals surface area contributed by atoms with Gasteiger partial charge in [-0.15, -0.1) is 0 Å². The van der Waals surface area contributed by atoms with Crippen molar-refractivity contribution in [2.24, 2.45) is 11.8 Å². The van der Waals surface area contributed by atoms with E-state index in [1.54, 1.807) is 18.2 Å². The molecule has 1 aromatic carbocycles. The van der Waals surface area contributed by atoms with Gasteiger partial charge in [0.15, 0.2) is 0 Å². The molecule has 1 amide bonds. The number of carbonyl (C=O) groups is 1. The van der Waals surface area contributed by atoms with Crippen LogP contribution in [0.25, 0.3) is 6.08 Å². The topological polar surface area (TPSA) is 84.5 Å². The van der Waals surface area contributed by atoms with Crippen LogP contribution in [-0.2, 0) is 14.8 Å². The first kappa shape index (κ1) is 20.5. The zero-order chi connectivity index (χ0) is 19.3. The predicted octanol–water partition coefficient (Wildman–Crippen LogP) is 2.56. The first-order chi connectivity index (χ1) is 12.3. The fraction of sp³-hybridized carbons (Fsp3) is 0.526. The summed E-state index contributed by atoms with van der Waals surface area (Å²) in [6.07, 6.45) is 6.39. The standard InChI is InChI=1S/C19H28N2O4S/c1-13-6-5-7-16(14(13)2)21-19(22)11-9-15-8-10-17(25-4)18(12-15)26(23,24)20-3/h8-14,16,20H,5-7H2,1-4H3,(H,21,22)/b11-9+. The summed E-state index contributed by atoms with van der Waals surface area (Å²) >= 11 is 0. The molecule has 1 aromatic rings. The number of rotatable bonds is 6. The number of amides is 1. The molecule has 144 valence electrons. The molecule has 0 saturated heterocycles. The number of methoxy groups -OCH3 is 1. The number of hydrogen-bond donors (Lipinski definition) is 2. The molecule has 3 unspecified atom stereocenters. The molecule has 1 aliphatic carbocycles. The van der Waals surface area contributed by atoms with Crippen LogP contribution in [0.2, 0.25) is 0 Å². The van der Waals surface area contributed by atoms with Gasteiger partial charge in [0.2, 0.25) is 15.9 Å². The zero-order valence-electron chi connectivity index (χ0n) is 15.8. The molecule has 1 aliphatic rings. The fourth-order valence-corrected chi connectivity index (χ4v) is 4.23. The third-order valence-corrected chi connectivity index (χ3v) is 6.64. The van der Waals surface area contributed by atoms with Gasteiger partial charge < -0.3 is 10.1 Å². The average Bonchev–Trinajstić information content (AvgIpc) is 2.63. The summed E-state index contributed by atoms with van der Waals surface area (Å²) in [7, 11) is -0.887. The second-order valence-electron chi connectivity index (χ2n) is 6.83. The molecule has 0 aromatic heterocycles. The van der Waals surface area contributed by atoms with Gasteiger partial charge in [-0.1, -0.05) is 32.8 Å². The lowest BCUT2D eigenvalue weighted by atomic mass is 9.78. The van der Waals surface area contributed by atoms with Crippen molar-refractivity contribution in [1.29, 1.82) is 0 Å². The van der Waals surface area contributed by atoms with E-state index in [0.29, 0.717) is 17.4 Å². The van der Waals surface area contributed by atoms with Gasteiger partial charge in [-0.2, -0.15) is 0 Å². The minimum Gasteiger partial charge on any atom is -0.495 e. The highest BCUT2D eigenvalue weighted by Crippen LogP contribution is 2.29. The Morgan fingerprint density at radius 2 is 2.00 bits per heavy atom. The summed E-state index contributed by atoms with van der Waals surface area (Å²) in [6.45, 7) is 4.40. The van der Waals surface area contributed by atoms with E-state index in [1.165, 1.54) is 32.7 Å². The van der Waals surface area contributed by atoms with Gasteiger partial charge in [0.25, 0.3) is 0 Å². The summed E-state index contributed by atoms with van der Waals surface area (Å²) in [5, 5.41) is 3.07. The SMILES string of the molecule is CNS(=O)(=O)c1cc(/C=C/C(=O)NC2CCCC(C)C2C)ccc1OC. The maximum atomic E-state index is 12.2. The van der Waals surface area contributed by atoms with Gasteiger partial charge in [0.05, 0.1) is 7.11 Å². The van der Waals surface area contributed by atoms with Crippen molar-refractivity contribution in [1.82, 2.24) is 10.0 Å². The fourth-order valence-electron chi connectivity index (χ4n) is 3.31. The first-order valence-electron chi connectivity index (χ1n) is 8.88. The second kappa shape index (κ2) is 8.68. The molecule has 3 atom stereocenters. The number of sulfonamides is 1. The van der Waals surface area contributed by atoms with Crippen molar-refractivity contribution in [2.75, 3.05) is 14.2 Å². The maximum absolute atomic E-state index is 12.2. The van der Waals surface area contributed by atoms with Gasteiger partial charge in [-0.25, -0.2) is 13.1 Å². The molecule has 0 spiro atoms. The monoisotopic (exact) mass is 380 g/mol. The molecule has 7 heteroatoms. The van der Waals surface area contributed by atoms with Crippen molar-refractivity contribution in [2.45, 2.75) is 44.0 Å². The summed E-state index contributed by atoms with van der Waals surface area (Å²) in [5.41, 5.74) is 0.611. The average molecular weight is 381 g/mol. The van der Waals surface area contributed by atoms with E-state index in [2.05, 4.69) is 23.9 Å². The largest absolute Gasteiger partial charge is 0.495 e. The Hall–Kier alpha value is -1.86. The molecular formula is C19H28N2O4S. The van der Waals surface area contributed by atoms with Crippen molar-refractivity contribution in [3.05, 3.63) is 29.8 Å². The Labute approximate surface area is 156 Å². The summed E-state index contributed by atoms with van der Waals surface area (Å²) in [4.78, 5) is 12.3. The summed E-state index contributed by atoms with van der Waals surface area (Å²) in [6, 6.07) is 4.96. The Bertz CT molecular complexity index is 774. The van der Waals surface area contributed by atoms with Crippen molar-refractivity contribution in [3.8, 4) is 5.75 Å². The van der Waals surface area contributed by atoms with Gasteiger partial charge in [0.1, 0.15) is 10.6 Å². The molecule has 1 fully saturated rings.